The largest absolute Gasteiger partial charge is 0.0990 e. The van der Waals surface area contributed by atoms with Crippen molar-refractivity contribution in [3.63, 3.8) is 0 Å². The van der Waals surface area contributed by atoms with E-state index in [9.17, 15) is 0 Å². The average Bonchev–Trinajstić information content (AvgIpc) is 2.31. The van der Waals surface area contributed by atoms with Gasteiger partial charge in [-0.3, -0.25) is 0 Å². The van der Waals surface area contributed by atoms with Gasteiger partial charge in [-0.2, -0.15) is 0 Å². The van der Waals surface area contributed by atoms with Crippen LogP contribution in [0.2, 0.25) is 0 Å². The third-order valence-corrected chi connectivity index (χ3v) is 4.50. The molecule has 2 rings (SSSR count). The minimum absolute atomic E-state index is 0.431. The molecule has 0 radical (unpaired) electrons. The quantitative estimate of drug-likeness (QED) is 0.479. The highest BCUT2D eigenvalue weighted by Gasteiger charge is 2.55. The molecule has 0 aromatic rings. The molecule has 0 spiro atoms. The van der Waals surface area contributed by atoms with Crippen LogP contribution in [0.5, 0.6) is 0 Å². The third-order valence-electron chi connectivity index (χ3n) is 4.50. The molecule has 2 fully saturated rings. The summed E-state index contributed by atoms with van der Waals surface area (Å²) in [6, 6.07) is 0. The number of hydrogen-bond acceptors (Lipinski definition) is 0. The summed E-state index contributed by atoms with van der Waals surface area (Å²) in [5, 5.41) is 0. The van der Waals surface area contributed by atoms with Gasteiger partial charge in [-0.1, -0.05) is 39.8 Å². The molecule has 0 aromatic heterocycles. The standard InChI is InChI=1S/C12H20/c1-8-10-6-9(12(8,4)5)7-11(10,2)3/h9-10H,1,6-7H2,2-5H3. The third kappa shape index (κ3) is 0.787. The van der Waals surface area contributed by atoms with Crippen molar-refractivity contribution in [3.8, 4) is 0 Å². The second-order valence-electron chi connectivity index (χ2n) is 5.92. The van der Waals surface area contributed by atoms with Crippen molar-refractivity contribution in [1.82, 2.24) is 0 Å². The summed E-state index contributed by atoms with van der Waals surface area (Å²) >= 11 is 0. The smallest absolute Gasteiger partial charge is 0.0116 e. The number of hydrogen-bond donors (Lipinski definition) is 0. The molecular formula is C12H20. The molecule has 2 unspecified atom stereocenters. The molecule has 0 heteroatoms. The van der Waals surface area contributed by atoms with Crippen molar-refractivity contribution >= 4 is 0 Å². The van der Waals surface area contributed by atoms with E-state index in [2.05, 4.69) is 34.3 Å². The van der Waals surface area contributed by atoms with Crippen molar-refractivity contribution < 1.29 is 0 Å². The van der Waals surface area contributed by atoms with Gasteiger partial charge in [0.2, 0.25) is 0 Å². The van der Waals surface area contributed by atoms with Gasteiger partial charge in [0.25, 0.3) is 0 Å². The van der Waals surface area contributed by atoms with E-state index >= 15 is 0 Å². The maximum Gasteiger partial charge on any atom is -0.0116 e. The summed E-state index contributed by atoms with van der Waals surface area (Å²) in [6.45, 7) is 13.8. The van der Waals surface area contributed by atoms with E-state index in [-0.39, 0.29) is 0 Å². The Morgan fingerprint density at radius 3 is 2.17 bits per heavy atom. The Labute approximate surface area is 76.1 Å². The molecule has 0 aromatic carbocycles. The van der Waals surface area contributed by atoms with Crippen LogP contribution in [0.4, 0.5) is 0 Å². The Morgan fingerprint density at radius 2 is 1.83 bits per heavy atom. The molecule has 2 bridgehead atoms. The van der Waals surface area contributed by atoms with Crippen LogP contribution >= 0.6 is 0 Å². The van der Waals surface area contributed by atoms with E-state index in [1.807, 2.05) is 0 Å². The molecule has 0 aliphatic heterocycles. The number of allylic oxidation sites excluding steroid dienone is 1. The molecule has 0 saturated heterocycles. The molecule has 68 valence electrons. The van der Waals surface area contributed by atoms with Crippen LogP contribution in [0.3, 0.4) is 0 Å². The first-order chi connectivity index (χ1) is 5.36. The zero-order valence-corrected chi connectivity index (χ0v) is 8.78. The minimum atomic E-state index is 0.431. The first-order valence-corrected chi connectivity index (χ1v) is 5.05. The summed E-state index contributed by atoms with van der Waals surface area (Å²) < 4.78 is 0. The summed E-state index contributed by atoms with van der Waals surface area (Å²) in [7, 11) is 0. The molecular weight excluding hydrogens is 144 g/mol. The fourth-order valence-corrected chi connectivity index (χ4v) is 3.34. The van der Waals surface area contributed by atoms with E-state index < -0.39 is 0 Å². The molecule has 0 nitrogen and oxygen atoms in total. The highest BCUT2D eigenvalue weighted by molar-refractivity contribution is 5.26. The van der Waals surface area contributed by atoms with Gasteiger partial charge >= 0.3 is 0 Å². The highest BCUT2D eigenvalue weighted by Crippen LogP contribution is 2.65. The Kier molecular flexibility index (Phi) is 1.37. The Balaban J connectivity index is 2.36. The van der Waals surface area contributed by atoms with E-state index in [1.54, 1.807) is 0 Å². The fourth-order valence-electron chi connectivity index (χ4n) is 3.34. The van der Waals surface area contributed by atoms with Crippen molar-refractivity contribution in [1.29, 1.82) is 0 Å². The lowest BCUT2D eigenvalue weighted by Gasteiger charge is -2.40. The van der Waals surface area contributed by atoms with Gasteiger partial charge < -0.3 is 0 Å². The predicted molar refractivity (Wildman–Crippen MR) is 52.9 cm³/mol. The summed E-state index contributed by atoms with van der Waals surface area (Å²) in [4.78, 5) is 0. The molecule has 0 N–H and O–H groups in total. The maximum absolute atomic E-state index is 4.29. The molecule has 2 saturated carbocycles. The van der Waals surface area contributed by atoms with Gasteiger partial charge in [0.15, 0.2) is 0 Å². The number of rotatable bonds is 0. The topological polar surface area (TPSA) is 0 Å². The van der Waals surface area contributed by atoms with Crippen LogP contribution in [0, 0.1) is 22.7 Å². The van der Waals surface area contributed by atoms with Gasteiger partial charge in [0, 0.05) is 0 Å². The van der Waals surface area contributed by atoms with Crippen LogP contribution in [-0.2, 0) is 0 Å². The van der Waals surface area contributed by atoms with E-state index in [0.717, 1.165) is 11.8 Å². The lowest BCUT2D eigenvalue weighted by molar-refractivity contribution is 0.184. The zero-order chi connectivity index (χ0) is 9.15. The minimum Gasteiger partial charge on any atom is -0.0990 e. The van der Waals surface area contributed by atoms with E-state index in [0.29, 0.717) is 10.8 Å². The Bertz CT molecular complexity index is 232. The summed E-state index contributed by atoms with van der Waals surface area (Å²) in [6.07, 6.45) is 2.81. The van der Waals surface area contributed by atoms with E-state index in [1.165, 1.54) is 18.4 Å². The van der Waals surface area contributed by atoms with Gasteiger partial charge in [0.05, 0.1) is 0 Å². The van der Waals surface area contributed by atoms with Gasteiger partial charge in [-0.25, -0.2) is 0 Å². The monoisotopic (exact) mass is 164 g/mol. The number of fused-ring (bicyclic) bond motifs is 2. The molecule has 2 atom stereocenters. The van der Waals surface area contributed by atoms with Gasteiger partial charge in [0.1, 0.15) is 0 Å². The zero-order valence-electron chi connectivity index (χ0n) is 8.78. The first kappa shape index (κ1) is 8.34. The van der Waals surface area contributed by atoms with Crippen LogP contribution in [0.25, 0.3) is 0 Å². The summed E-state index contributed by atoms with van der Waals surface area (Å²) in [5.41, 5.74) is 2.49. The van der Waals surface area contributed by atoms with Crippen LogP contribution < -0.4 is 0 Å². The normalized spacial score (nSPS) is 42.2. The summed E-state index contributed by atoms with van der Waals surface area (Å²) in [5.74, 6) is 1.71. The average molecular weight is 164 g/mol. The van der Waals surface area contributed by atoms with Crippen molar-refractivity contribution in [2.24, 2.45) is 22.7 Å². The molecule has 2 aliphatic rings. The van der Waals surface area contributed by atoms with Crippen LogP contribution in [-0.4, -0.2) is 0 Å². The SMILES string of the molecule is C=C1C2CC(CC2(C)C)C1(C)C. The second-order valence-corrected chi connectivity index (χ2v) is 5.92. The maximum atomic E-state index is 4.29. The van der Waals surface area contributed by atoms with Crippen molar-refractivity contribution in [2.75, 3.05) is 0 Å². The lowest BCUT2D eigenvalue weighted by Crippen LogP contribution is -2.31. The van der Waals surface area contributed by atoms with Gasteiger partial charge in [-0.05, 0) is 35.5 Å². The first-order valence-electron chi connectivity index (χ1n) is 5.05. The van der Waals surface area contributed by atoms with Crippen molar-refractivity contribution in [2.45, 2.75) is 40.5 Å². The molecule has 12 heavy (non-hydrogen) atoms. The van der Waals surface area contributed by atoms with Gasteiger partial charge in [-0.15, -0.1) is 0 Å². The lowest BCUT2D eigenvalue weighted by atomic mass is 9.64. The fraction of sp³-hybridized carbons (Fsp3) is 0.833. The van der Waals surface area contributed by atoms with Crippen LogP contribution in [0.15, 0.2) is 12.2 Å². The molecule has 0 heterocycles. The molecule has 0 amide bonds. The Morgan fingerprint density at radius 1 is 1.25 bits per heavy atom. The van der Waals surface area contributed by atoms with Crippen LogP contribution in [0.1, 0.15) is 40.5 Å². The van der Waals surface area contributed by atoms with Crippen molar-refractivity contribution in [3.05, 3.63) is 12.2 Å². The molecule has 2 aliphatic carbocycles. The highest BCUT2D eigenvalue weighted by atomic mass is 14.6. The Hall–Kier alpha value is -0.260. The predicted octanol–water partition coefficient (Wildman–Crippen LogP) is 3.63. The van der Waals surface area contributed by atoms with E-state index in [4.69, 9.17) is 0 Å². The second kappa shape index (κ2) is 1.97.